The molecule has 2 rings (SSSR count). The predicted molar refractivity (Wildman–Crippen MR) is 73.9 cm³/mol. The Balaban J connectivity index is 2.53. The molecule has 1 heterocycles. The molecule has 18 heavy (non-hydrogen) atoms. The number of aliphatic hydroxyl groups is 1. The van der Waals surface area contributed by atoms with Gasteiger partial charge in [-0.2, -0.15) is 0 Å². The zero-order valence-electron chi connectivity index (χ0n) is 10.9. The Morgan fingerprint density at radius 1 is 1.33 bits per heavy atom. The third-order valence-electron chi connectivity index (χ3n) is 3.09. The Labute approximate surface area is 112 Å². The summed E-state index contributed by atoms with van der Waals surface area (Å²) in [5.41, 5.74) is 4.22. The van der Waals surface area contributed by atoms with Gasteiger partial charge in [0.05, 0.1) is 6.61 Å². The molecule has 0 spiro atoms. The van der Waals surface area contributed by atoms with E-state index in [1.807, 2.05) is 17.7 Å². The van der Waals surface area contributed by atoms with Crippen LogP contribution in [-0.4, -0.2) is 21.3 Å². The highest BCUT2D eigenvalue weighted by Crippen LogP contribution is 2.30. The van der Waals surface area contributed by atoms with E-state index in [2.05, 4.69) is 31.0 Å². The average Bonchev–Trinajstić information content (AvgIpc) is 2.58. The highest BCUT2D eigenvalue weighted by atomic mass is 35.5. The van der Waals surface area contributed by atoms with E-state index in [1.54, 1.807) is 0 Å². The van der Waals surface area contributed by atoms with Crippen molar-refractivity contribution in [2.75, 3.05) is 6.61 Å². The van der Waals surface area contributed by atoms with Gasteiger partial charge in [0.1, 0.15) is 16.7 Å². The summed E-state index contributed by atoms with van der Waals surface area (Å²) >= 11 is 6.31. The van der Waals surface area contributed by atoms with Crippen molar-refractivity contribution >= 4 is 11.6 Å². The third-order valence-corrected chi connectivity index (χ3v) is 3.52. The zero-order valence-corrected chi connectivity index (χ0v) is 11.6. The van der Waals surface area contributed by atoms with Gasteiger partial charge in [-0.15, -0.1) is 0 Å². The summed E-state index contributed by atoms with van der Waals surface area (Å²) in [5.74, 6) is 0.803. The second-order valence-electron chi connectivity index (χ2n) is 4.52. The highest BCUT2D eigenvalue weighted by molar-refractivity contribution is 6.32. The van der Waals surface area contributed by atoms with Gasteiger partial charge in [0.15, 0.2) is 0 Å². The Morgan fingerprint density at radius 3 is 2.67 bits per heavy atom. The van der Waals surface area contributed by atoms with Crippen LogP contribution in [0.15, 0.2) is 18.2 Å². The average molecular weight is 265 g/mol. The Kier molecular flexibility index (Phi) is 3.73. The first-order valence-corrected chi connectivity index (χ1v) is 6.32. The molecule has 3 nitrogen and oxygen atoms in total. The van der Waals surface area contributed by atoms with Gasteiger partial charge in [0.2, 0.25) is 0 Å². The van der Waals surface area contributed by atoms with Crippen molar-refractivity contribution in [3.8, 4) is 11.3 Å². The second-order valence-corrected chi connectivity index (χ2v) is 4.88. The number of halogens is 1. The number of imidazole rings is 1. The van der Waals surface area contributed by atoms with Crippen LogP contribution >= 0.6 is 11.6 Å². The summed E-state index contributed by atoms with van der Waals surface area (Å²) < 4.78 is 1.83. The zero-order chi connectivity index (χ0) is 13.3. The predicted octanol–water partition coefficient (Wildman–Crippen LogP) is 2.89. The molecule has 0 aliphatic rings. The molecule has 0 saturated carbocycles. The number of nitrogens with zero attached hydrogens (tertiary/aromatic N) is 2. The van der Waals surface area contributed by atoms with E-state index in [0.29, 0.717) is 11.6 Å². The molecular weight excluding hydrogens is 248 g/mol. The number of hydrogen-bond acceptors (Lipinski definition) is 2. The topological polar surface area (TPSA) is 38.1 Å². The molecule has 0 amide bonds. The number of aryl methyl sites for hydroxylation is 2. The molecule has 1 aromatic carbocycles. The molecule has 1 N–H and O–H groups in total. The summed E-state index contributed by atoms with van der Waals surface area (Å²) in [6.07, 6.45) is 0.515. The maximum atomic E-state index is 9.01. The summed E-state index contributed by atoms with van der Waals surface area (Å²) in [4.78, 5) is 4.53. The third kappa shape index (κ3) is 2.28. The van der Waals surface area contributed by atoms with Crippen LogP contribution < -0.4 is 0 Å². The Bertz CT molecular complexity index is 575. The smallest absolute Gasteiger partial charge is 0.136 e. The molecule has 4 heteroatoms. The van der Waals surface area contributed by atoms with Crippen molar-refractivity contribution < 1.29 is 5.11 Å². The summed E-state index contributed by atoms with van der Waals surface area (Å²) in [6, 6.07) is 6.22. The fourth-order valence-corrected chi connectivity index (χ4v) is 2.34. The standard InChI is InChI=1S/C14H17ClN2O/c1-9-4-5-11(10(2)8-9)13-14(15)17(3)12(16-13)6-7-18/h4-5,8,18H,6-7H2,1-3H3. The molecule has 2 aromatic rings. The normalized spacial score (nSPS) is 10.9. The van der Waals surface area contributed by atoms with Crippen molar-refractivity contribution in [2.24, 2.45) is 7.05 Å². The van der Waals surface area contributed by atoms with Gasteiger partial charge >= 0.3 is 0 Å². The first-order chi connectivity index (χ1) is 8.54. The van der Waals surface area contributed by atoms with Crippen LogP contribution in [0.25, 0.3) is 11.3 Å². The van der Waals surface area contributed by atoms with Gasteiger partial charge in [0, 0.05) is 19.0 Å². The van der Waals surface area contributed by atoms with Gasteiger partial charge in [-0.3, -0.25) is 0 Å². The number of hydrogen-bond donors (Lipinski definition) is 1. The molecule has 0 aliphatic carbocycles. The van der Waals surface area contributed by atoms with Gasteiger partial charge in [-0.25, -0.2) is 4.98 Å². The number of benzene rings is 1. The van der Waals surface area contributed by atoms with E-state index in [9.17, 15) is 0 Å². The lowest BCUT2D eigenvalue weighted by molar-refractivity contribution is 0.295. The summed E-state index contributed by atoms with van der Waals surface area (Å²) in [7, 11) is 1.87. The largest absolute Gasteiger partial charge is 0.396 e. The van der Waals surface area contributed by atoms with Gasteiger partial charge < -0.3 is 9.67 Å². The van der Waals surface area contributed by atoms with E-state index in [-0.39, 0.29) is 6.61 Å². The van der Waals surface area contributed by atoms with Crippen molar-refractivity contribution in [2.45, 2.75) is 20.3 Å². The first kappa shape index (κ1) is 13.1. The molecular formula is C14H17ClN2O. The van der Waals surface area contributed by atoms with E-state index in [0.717, 1.165) is 22.6 Å². The lowest BCUT2D eigenvalue weighted by Crippen LogP contribution is -2.00. The Morgan fingerprint density at radius 2 is 2.06 bits per heavy atom. The monoisotopic (exact) mass is 264 g/mol. The lowest BCUT2D eigenvalue weighted by atomic mass is 10.0. The van der Waals surface area contributed by atoms with E-state index >= 15 is 0 Å². The number of rotatable bonds is 3. The van der Waals surface area contributed by atoms with Crippen LogP contribution in [-0.2, 0) is 13.5 Å². The van der Waals surface area contributed by atoms with E-state index < -0.39 is 0 Å². The minimum absolute atomic E-state index is 0.0769. The van der Waals surface area contributed by atoms with Crippen LogP contribution in [0.5, 0.6) is 0 Å². The van der Waals surface area contributed by atoms with E-state index in [4.69, 9.17) is 16.7 Å². The maximum Gasteiger partial charge on any atom is 0.136 e. The SMILES string of the molecule is Cc1ccc(-c2nc(CCO)n(C)c2Cl)c(C)c1. The van der Waals surface area contributed by atoms with Crippen molar-refractivity contribution in [1.29, 1.82) is 0 Å². The molecule has 0 atom stereocenters. The first-order valence-electron chi connectivity index (χ1n) is 5.94. The van der Waals surface area contributed by atoms with Gasteiger partial charge in [-0.1, -0.05) is 35.4 Å². The molecule has 0 unspecified atom stereocenters. The molecule has 96 valence electrons. The summed E-state index contributed by atoms with van der Waals surface area (Å²) in [5, 5.41) is 9.63. The molecule has 0 radical (unpaired) electrons. The van der Waals surface area contributed by atoms with Crippen LogP contribution in [0.2, 0.25) is 5.15 Å². The molecule has 0 bridgehead atoms. The second kappa shape index (κ2) is 5.12. The summed E-state index contributed by atoms with van der Waals surface area (Å²) in [6.45, 7) is 4.19. The molecule has 0 saturated heterocycles. The van der Waals surface area contributed by atoms with Crippen LogP contribution in [0, 0.1) is 13.8 Å². The van der Waals surface area contributed by atoms with E-state index in [1.165, 1.54) is 5.56 Å². The minimum atomic E-state index is 0.0769. The van der Waals surface area contributed by atoms with Gasteiger partial charge in [-0.05, 0) is 19.4 Å². The minimum Gasteiger partial charge on any atom is -0.396 e. The van der Waals surface area contributed by atoms with Crippen LogP contribution in [0.4, 0.5) is 0 Å². The number of aromatic nitrogens is 2. The Hall–Kier alpha value is -1.32. The quantitative estimate of drug-likeness (QED) is 0.926. The molecule has 0 fully saturated rings. The molecule has 1 aromatic heterocycles. The van der Waals surface area contributed by atoms with Crippen molar-refractivity contribution in [3.63, 3.8) is 0 Å². The van der Waals surface area contributed by atoms with Crippen LogP contribution in [0.1, 0.15) is 17.0 Å². The maximum absolute atomic E-state index is 9.01. The molecule has 0 aliphatic heterocycles. The fraction of sp³-hybridized carbons (Fsp3) is 0.357. The van der Waals surface area contributed by atoms with Crippen molar-refractivity contribution in [1.82, 2.24) is 9.55 Å². The fourth-order valence-electron chi connectivity index (χ4n) is 2.10. The highest BCUT2D eigenvalue weighted by Gasteiger charge is 2.15. The lowest BCUT2D eigenvalue weighted by Gasteiger charge is -2.04. The van der Waals surface area contributed by atoms with Crippen molar-refractivity contribution in [3.05, 3.63) is 40.3 Å². The van der Waals surface area contributed by atoms with Crippen LogP contribution in [0.3, 0.4) is 0 Å². The number of aliphatic hydroxyl groups excluding tert-OH is 1. The van der Waals surface area contributed by atoms with Gasteiger partial charge in [0.25, 0.3) is 0 Å².